The van der Waals surface area contributed by atoms with Crippen LogP contribution in [0.2, 0.25) is 0 Å². The molecule has 19 heavy (non-hydrogen) atoms. The molecule has 4 N–H and O–H groups in total. The van der Waals surface area contributed by atoms with Gasteiger partial charge in [-0.05, 0) is 11.1 Å². The van der Waals surface area contributed by atoms with Crippen LogP contribution in [0.1, 0.15) is 11.1 Å². The third-order valence-corrected chi connectivity index (χ3v) is 3.81. The molecule has 0 atom stereocenters. The van der Waals surface area contributed by atoms with E-state index in [1.54, 1.807) is 6.21 Å². The average Bonchev–Trinajstić information content (AvgIpc) is 2.42. The van der Waals surface area contributed by atoms with Gasteiger partial charge in [0, 0.05) is 31.1 Å². The molecule has 1 aromatic rings. The Balaban J connectivity index is 1.90. The third kappa shape index (κ3) is 4.92. The number of hydrogen-bond donors (Lipinski definition) is 2. The highest BCUT2D eigenvalue weighted by Crippen LogP contribution is 2.13. The lowest BCUT2D eigenvalue weighted by Gasteiger charge is -2.26. The quantitative estimate of drug-likeness (QED) is 0.485. The summed E-state index contributed by atoms with van der Waals surface area (Å²) in [5.41, 5.74) is 12.7. The molecule has 0 saturated carbocycles. The molecule has 1 aliphatic rings. The molecule has 0 aromatic heterocycles. The van der Waals surface area contributed by atoms with Crippen LogP contribution >= 0.6 is 11.8 Å². The second-order valence-corrected chi connectivity index (χ2v) is 5.62. The van der Waals surface area contributed by atoms with Crippen LogP contribution in [0.5, 0.6) is 0 Å². The third-order valence-electron chi connectivity index (χ3n) is 2.87. The maximum absolute atomic E-state index is 5.19. The van der Waals surface area contributed by atoms with Crippen molar-refractivity contribution in [3.8, 4) is 0 Å². The number of benzene rings is 1. The molecular weight excluding hydrogens is 258 g/mol. The van der Waals surface area contributed by atoms with Crippen molar-refractivity contribution in [2.45, 2.75) is 6.54 Å². The molecule has 0 spiro atoms. The molecule has 1 fully saturated rings. The summed E-state index contributed by atoms with van der Waals surface area (Å²) in [4.78, 5) is 2.49. The lowest BCUT2D eigenvalue weighted by molar-refractivity contribution is 0.294. The van der Waals surface area contributed by atoms with Gasteiger partial charge in [0.05, 0.1) is 6.21 Å². The number of guanidine groups is 1. The Morgan fingerprint density at radius 2 is 1.89 bits per heavy atom. The first-order chi connectivity index (χ1) is 9.24. The lowest BCUT2D eigenvalue weighted by atomic mass is 10.1. The Hall–Kier alpha value is -1.53. The van der Waals surface area contributed by atoms with Crippen LogP contribution < -0.4 is 11.5 Å². The number of rotatable bonds is 4. The van der Waals surface area contributed by atoms with Crippen LogP contribution in [0, 0.1) is 0 Å². The Morgan fingerprint density at radius 3 is 2.53 bits per heavy atom. The van der Waals surface area contributed by atoms with E-state index in [4.69, 9.17) is 11.5 Å². The summed E-state index contributed by atoms with van der Waals surface area (Å²) in [5.74, 6) is 2.45. The highest BCUT2D eigenvalue weighted by atomic mass is 32.2. The van der Waals surface area contributed by atoms with E-state index < -0.39 is 0 Å². The van der Waals surface area contributed by atoms with E-state index in [1.807, 2.05) is 23.9 Å². The number of hydrogen-bond acceptors (Lipinski definition) is 4. The minimum Gasteiger partial charge on any atom is -0.369 e. The smallest absolute Gasteiger partial charge is 0.211 e. The molecule has 0 unspecified atom stereocenters. The first kappa shape index (κ1) is 13.9. The zero-order valence-corrected chi connectivity index (χ0v) is 11.6. The molecule has 1 aromatic carbocycles. The van der Waals surface area contributed by atoms with Gasteiger partial charge in [0.25, 0.3) is 0 Å². The Kier molecular flexibility index (Phi) is 5.23. The van der Waals surface area contributed by atoms with Gasteiger partial charge in [-0.1, -0.05) is 24.3 Å². The normalized spacial score (nSPS) is 16.6. The van der Waals surface area contributed by atoms with E-state index in [-0.39, 0.29) is 5.96 Å². The monoisotopic (exact) mass is 277 g/mol. The van der Waals surface area contributed by atoms with E-state index >= 15 is 0 Å². The number of thioether (sulfide) groups is 1. The van der Waals surface area contributed by atoms with Crippen LogP contribution in [-0.4, -0.2) is 41.7 Å². The molecular formula is C13H19N5S. The van der Waals surface area contributed by atoms with Crippen molar-refractivity contribution in [3.63, 3.8) is 0 Å². The first-order valence-corrected chi connectivity index (χ1v) is 7.40. The predicted octanol–water partition coefficient (Wildman–Crippen LogP) is 0.843. The van der Waals surface area contributed by atoms with Gasteiger partial charge in [-0.15, -0.1) is 5.10 Å². The maximum Gasteiger partial charge on any atom is 0.211 e. The van der Waals surface area contributed by atoms with E-state index in [2.05, 4.69) is 27.2 Å². The minimum atomic E-state index is -0.0316. The Morgan fingerprint density at radius 1 is 1.21 bits per heavy atom. The van der Waals surface area contributed by atoms with Gasteiger partial charge in [0.15, 0.2) is 0 Å². The molecule has 5 nitrogen and oxygen atoms in total. The maximum atomic E-state index is 5.19. The van der Waals surface area contributed by atoms with Crippen LogP contribution in [0.3, 0.4) is 0 Å². The van der Waals surface area contributed by atoms with E-state index in [0.29, 0.717) is 0 Å². The Labute approximate surface area is 117 Å². The van der Waals surface area contributed by atoms with Crippen LogP contribution in [0.15, 0.2) is 34.5 Å². The Bertz CT molecular complexity index is 445. The van der Waals surface area contributed by atoms with Crippen molar-refractivity contribution < 1.29 is 0 Å². The van der Waals surface area contributed by atoms with Gasteiger partial charge in [-0.25, -0.2) is 0 Å². The van der Waals surface area contributed by atoms with Gasteiger partial charge in [-0.2, -0.15) is 16.9 Å². The van der Waals surface area contributed by atoms with Crippen LogP contribution in [0.25, 0.3) is 0 Å². The van der Waals surface area contributed by atoms with E-state index in [1.165, 1.54) is 30.2 Å². The van der Waals surface area contributed by atoms with Crippen molar-refractivity contribution in [1.82, 2.24) is 4.90 Å². The van der Waals surface area contributed by atoms with Crippen molar-refractivity contribution in [2.24, 2.45) is 21.7 Å². The summed E-state index contributed by atoms with van der Waals surface area (Å²) in [5, 5.41) is 7.35. The highest BCUT2D eigenvalue weighted by Gasteiger charge is 2.10. The van der Waals surface area contributed by atoms with Gasteiger partial charge >= 0.3 is 0 Å². The summed E-state index contributed by atoms with van der Waals surface area (Å²) in [6, 6.07) is 8.30. The zero-order valence-electron chi connectivity index (χ0n) is 10.8. The average molecular weight is 277 g/mol. The summed E-state index contributed by atoms with van der Waals surface area (Å²) >= 11 is 2.03. The molecule has 1 saturated heterocycles. The molecule has 0 bridgehead atoms. The largest absolute Gasteiger partial charge is 0.369 e. The summed E-state index contributed by atoms with van der Waals surface area (Å²) in [6.07, 6.45) is 1.64. The van der Waals surface area contributed by atoms with Crippen LogP contribution in [0.4, 0.5) is 0 Å². The second kappa shape index (κ2) is 7.16. The van der Waals surface area contributed by atoms with Crippen LogP contribution in [-0.2, 0) is 6.54 Å². The molecule has 102 valence electrons. The van der Waals surface area contributed by atoms with E-state index in [9.17, 15) is 0 Å². The molecule has 0 radical (unpaired) electrons. The zero-order chi connectivity index (χ0) is 13.5. The molecule has 1 aliphatic heterocycles. The molecule has 1 heterocycles. The van der Waals surface area contributed by atoms with Gasteiger partial charge in [0.1, 0.15) is 0 Å². The number of nitrogens with two attached hydrogens (primary N) is 2. The van der Waals surface area contributed by atoms with Crippen molar-refractivity contribution in [3.05, 3.63) is 35.4 Å². The fourth-order valence-electron chi connectivity index (χ4n) is 1.89. The SMILES string of the molecule is NC(N)=NN=Cc1ccc(CN2CCSCC2)cc1. The molecule has 0 aliphatic carbocycles. The van der Waals surface area contributed by atoms with Gasteiger partial charge in [-0.3, -0.25) is 4.90 Å². The molecule has 6 heteroatoms. The van der Waals surface area contributed by atoms with Crippen molar-refractivity contribution in [1.29, 1.82) is 0 Å². The second-order valence-electron chi connectivity index (χ2n) is 4.40. The van der Waals surface area contributed by atoms with Crippen molar-refractivity contribution >= 4 is 23.9 Å². The lowest BCUT2D eigenvalue weighted by Crippen LogP contribution is -2.31. The fraction of sp³-hybridized carbons (Fsp3) is 0.385. The van der Waals surface area contributed by atoms with Crippen molar-refractivity contribution in [2.75, 3.05) is 24.6 Å². The topological polar surface area (TPSA) is 80.0 Å². The van der Waals surface area contributed by atoms with Gasteiger partial charge < -0.3 is 11.5 Å². The first-order valence-electron chi connectivity index (χ1n) is 6.25. The minimum absolute atomic E-state index is 0.0316. The van der Waals surface area contributed by atoms with E-state index in [0.717, 1.165) is 12.1 Å². The number of nitrogens with zero attached hydrogens (tertiary/aromatic N) is 3. The fourth-order valence-corrected chi connectivity index (χ4v) is 2.87. The standard InChI is InChI=1S/C13H19N5S/c14-13(15)17-16-9-11-1-3-12(4-2-11)10-18-5-7-19-8-6-18/h1-4,9H,5-8,10H2,(H4,14,15,17). The van der Waals surface area contributed by atoms with Gasteiger partial charge in [0.2, 0.25) is 5.96 Å². The summed E-state index contributed by atoms with van der Waals surface area (Å²) in [7, 11) is 0. The molecule has 2 rings (SSSR count). The highest BCUT2D eigenvalue weighted by molar-refractivity contribution is 7.99. The summed E-state index contributed by atoms with van der Waals surface area (Å²) in [6.45, 7) is 3.38. The predicted molar refractivity (Wildman–Crippen MR) is 82.4 cm³/mol. The summed E-state index contributed by atoms with van der Waals surface area (Å²) < 4.78 is 0. The molecule has 0 amide bonds.